The van der Waals surface area contributed by atoms with Gasteiger partial charge in [-0.1, -0.05) is 17.7 Å². The third-order valence-corrected chi connectivity index (χ3v) is 4.03. The molecule has 0 aliphatic rings. The Morgan fingerprint density at radius 2 is 2.29 bits per heavy atom. The predicted molar refractivity (Wildman–Crippen MR) is 79.5 cm³/mol. The number of halogens is 1. The minimum Gasteiger partial charge on any atom is -0.480 e. The summed E-state index contributed by atoms with van der Waals surface area (Å²) in [5.74, 6) is -0.407. The summed E-state index contributed by atoms with van der Waals surface area (Å²) in [4.78, 5) is 31.5. The first-order chi connectivity index (χ1) is 9.97. The van der Waals surface area contributed by atoms with E-state index in [-0.39, 0.29) is 12.1 Å². The molecule has 0 saturated carbocycles. The summed E-state index contributed by atoms with van der Waals surface area (Å²) in [6, 6.07) is 3.48. The van der Waals surface area contributed by atoms with E-state index < -0.39 is 16.9 Å². The molecule has 21 heavy (non-hydrogen) atoms. The van der Waals surface area contributed by atoms with Crippen LogP contribution in [0, 0.1) is 10.1 Å². The van der Waals surface area contributed by atoms with Crippen molar-refractivity contribution in [1.82, 2.24) is 5.32 Å². The van der Waals surface area contributed by atoms with Crippen LogP contribution in [0.1, 0.15) is 12.0 Å². The van der Waals surface area contributed by atoms with Gasteiger partial charge in [0.05, 0.1) is 15.5 Å². The number of carbonyl (C=O) groups is 2. The molecule has 7 nitrogen and oxygen atoms in total. The third kappa shape index (κ3) is 5.24. The van der Waals surface area contributed by atoms with Crippen LogP contribution in [-0.2, 0) is 15.3 Å². The van der Waals surface area contributed by atoms with Crippen molar-refractivity contribution in [1.29, 1.82) is 0 Å². The van der Waals surface area contributed by atoms with Gasteiger partial charge in [0, 0.05) is 11.8 Å². The summed E-state index contributed by atoms with van der Waals surface area (Å²) in [7, 11) is 0. The van der Waals surface area contributed by atoms with Crippen molar-refractivity contribution in [2.75, 3.05) is 5.75 Å². The number of nitrogens with one attached hydrogen (secondary N) is 1. The molecule has 0 bridgehead atoms. The van der Waals surface area contributed by atoms with E-state index in [4.69, 9.17) is 16.7 Å². The molecule has 0 aromatic heterocycles. The first kappa shape index (κ1) is 17.3. The van der Waals surface area contributed by atoms with Crippen molar-refractivity contribution in [2.45, 2.75) is 18.2 Å². The lowest BCUT2D eigenvalue weighted by atomic mass is 10.2. The molecule has 0 heterocycles. The molecule has 0 saturated heterocycles. The van der Waals surface area contributed by atoms with Crippen LogP contribution in [0.2, 0.25) is 5.02 Å². The highest BCUT2D eigenvalue weighted by molar-refractivity contribution is 7.98. The van der Waals surface area contributed by atoms with Crippen molar-refractivity contribution in [3.63, 3.8) is 0 Å². The number of carbonyl (C=O) groups excluding carboxylic acids is 1. The van der Waals surface area contributed by atoms with E-state index in [1.807, 2.05) is 0 Å². The molecule has 1 aromatic rings. The highest BCUT2D eigenvalue weighted by Crippen LogP contribution is 2.30. The minimum atomic E-state index is -1.12. The number of hydrogen-bond acceptors (Lipinski definition) is 5. The maximum Gasteiger partial charge on any atom is 0.326 e. The Morgan fingerprint density at radius 3 is 2.86 bits per heavy atom. The van der Waals surface area contributed by atoms with Crippen LogP contribution in [0.3, 0.4) is 0 Å². The molecule has 1 aromatic carbocycles. The topological polar surface area (TPSA) is 110 Å². The number of nitrogens with zero attached hydrogens (tertiary/aromatic N) is 1. The molecule has 0 spiro atoms. The minimum absolute atomic E-state index is 0.0594. The van der Waals surface area contributed by atoms with Gasteiger partial charge in [0.25, 0.3) is 5.69 Å². The van der Waals surface area contributed by atoms with E-state index in [0.29, 0.717) is 28.5 Å². The highest BCUT2D eigenvalue weighted by atomic mass is 35.5. The molecule has 114 valence electrons. The maximum absolute atomic E-state index is 10.9. The lowest BCUT2D eigenvalue weighted by molar-refractivity contribution is -0.385. The van der Waals surface area contributed by atoms with Gasteiger partial charge in [-0.3, -0.25) is 14.9 Å². The van der Waals surface area contributed by atoms with Gasteiger partial charge in [-0.25, -0.2) is 4.79 Å². The fourth-order valence-electron chi connectivity index (χ4n) is 1.60. The summed E-state index contributed by atoms with van der Waals surface area (Å²) in [5.41, 5.74) is 0.347. The molecule has 2 N–H and O–H groups in total. The average Bonchev–Trinajstić information content (AvgIpc) is 2.42. The number of nitro groups is 1. The van der Waals surface area contributed by atoms with Gasteiger partial charge in [0.2, 0.25) is 6.41 Å². The van der Waals surface area contributed by atoms with Crippen LogP contribution in [-0.4, -0.2) is 34.2 Å². The number of rotatable bonds is 9. The van der Waals surface area contributed by atoms with E-state index in [1.54, 1.807) is 6.07 Å². The zero-order chi connectivity index (χ0) is 15.8. The van der Waals surface area contributed by atoms with E-state index in [0.717, 1.165) is 0 Å². The molecule has 0 aliphatic carbocycles. The Morgan fingerprint density at radius 1 is 1.57 bits per heavy atom. The molecule has 1 amide bonds. The van der Waals surface area contributed by atoms with Crippen molar-refractivity contribution in [3.8, 4) is 0 Å². The summed E-state index contributed by atoms with van der Waals surface area (Å²) in [5, 5.41) is 22.2. The lowest BCUT2D eigenvalue weighted by Gasteiger charge is -2.10. The zero-order valence-corrected chi connectivity index (χ0v) is 12.4. The largest absolute Gasteiger partial charge is 0.480 e. The quantitative estimate of drug-likeness (QED) is 0.310. The Hall–Kier alpha value is -1.80. The summed E-state index contributed by atoms with van der Waals surface area (Å²) in [6.07, 6.45) is 0.555. The molecular formula is C12H13ClN2O5S. The number of carboxylic acid groups (broad SMARTS) is 1. The second kappa shape index (κ2) is 8.48. The Balaban J connectivity index is 2.58. The molecule has 0 fully saturated rings. The molecule has 9 heteroatoms. The highest BCUT2D eigenvalue weighted by Gasteiger charge is 2.18. The van der Waals surface area contributed by atoms with Crippen molar-refractivity contribution in [2.24, 2.45) is 0 Å². The van der Waals surface area contributed by atoms with Crippen LogP contribution in [0.15, 0.2) is 18.2 Å². The van der Waals surface area contributed by atoms with Crippen LogP contribution in [0.25, 0.3) is 0 Å². The van der Waals surface area contributed by atoms with Crippen LogP contribution in [0.4, 0.5) is 5.69 Å². The fourth-order valence-corrected chi connectivity index (χ4v) is 2.97. The molecule has 0 aliphatic heterocycles. The van der Waals surface area contributed by atoms with Crippen LogP contribution in [0.5, 0.6) is 0 Å². The number of hydrogen-bond donors (Lipinski definition) is 2. The Bertz CT molecular complexity index is 540. The van der Waals surface area contributed by atoms with Crippen LogP contribution < -0.4 is 5.32 Å². The Labute approximate surface area is 129 Å². The monoisotopic (exact) mass is 332 g/mol. The molecule has 1 atom stereocenters. The average molecular weight is 333 g/mol. The van der Waals surface area contributed by atoms with Gasteiger partial charge in [0.1, 0.15) is 6.04 Å². The van der Waals surface area contributed by atoms with Crippen LogP contribution >= 0.6 is 23.4 Å². The molecule has 0 radical (unpaired) electrons. The fraction of sp³-hybridized carbons (Fsp3) is 0.333. The van der Waals surface area contributed by atoms with Gasteiger partial charge in [0.15, 0.2) is 0 Å². The first-order valence-corrected chi connectivity index (χ1v) is 7.42. The van der Waals surface area contributed by atoms with E-state index >= 15 is 0 Å². The smallest absolute Gasteiger partial charge is 0.326 e. The van der Waals surface area contributed by atoms with Gasteiger partial charge < -0.3 is 10.4 Å². The summed E-state index contributed by atoms with van der Waals surface area (Å²) in [6.45, 7) is 0. The van der Waals surface area contributed by atoms with Crippen molar-refractivity contribution < 1.29 is 19.6 Å². The lowest BCUT2D eigenvalue weighted by Crippen LogP contribution is -2.36. The van der Waals surface area contributed by atoms with E-state index in [9.17, 15) is 19.7 Å². The number of carboxylic acids is 1. The summed E-state index contributed by atoms with van der Waals surface area (Å²) >= 11 is 7.26. The molecular weight excluding hydrogens is 320 g/mol. The van der Waals surface area contributed by atoms with Gasteiger partial charge in [-0.2, -0.15) is 11.8 Å². The zero-order valence-electron chi connectivity index (χ0n) is 10.8. The van der Waals surface area contributed by atoms with Gasteiger partial charge in [-0.15, -0.1) is 0 Å². The van der Waals surface area contributed by atoms with E-state index in [1.165, 1.54) is 23.9 Å². The normalized spacial score (nSPS) is 11.7. The second-order valence-electron chi connectivity index (χ2n) is 4.01. The van der Waals surface area contributed by atoms with Gasteiger partial charge >= 0.3 is 5.97 Å². The standard InChI is InChI=1S/C12H13ClN2O5S/c13-9-2-1-3-11(15(19)20)8(9)6-21-5-4-10(12(17)18)14-7-16/h1-3,7,10H,4-6H2,(H,14,16)(H,17,18). The molecule has 1 rings (SSSR count). The Kier molecular flexibility index (Phi) is 6.97. The predicted octanol–water partition coefficient (Wildman–Crippen LogP) is 2.07. The second-order valence-corrected chi connectivity index (χ2v) is 5.52. The first-order valence-electron chi connectivity index (χ1n) is 5.89. The number of aliphatic carboxylic acids is 1. The van der Waals surface area contributed by atoms with Crippen molar-refractivity contribution in [3.05, 3.63) is 38.9 Å². The SMILES string of the molecule is O=CNC(CCSCc1c(Cl)cccc1[N+](=O)[O-])C(=O)O. The molecule has 1 unspecified atom stereocenters. The van der Waals surface area contributed by atoms with Gasteiger partial charge in [-0.05, 0) is 18.2 Å². The number of amides is 1. The summed E-state index contributed by atoms with van der Waals surface area (Å²) < 4.78 is 0. The third-order valence-electron chi connectivity index (χ3n) is 2.66. The van der Waals surface area contributed by atoms with Crippen molar-refractivity contribution >= 4 is 41.4 Å². The number of thioether (sulfide) groups is 1. The number of nitro benzene ring substituents is 1. The van der Waals surface area contributed by atoms with E-state index in [2.05, 4.69) is 5.32 Å². The maximum atomic E-state index is 10.9. The number of benzene rings is 1.